The van der Waals surface area contributed by atoms with E-state index in [9.17, 15) is 4.79 Å². The summed E-state index contributed by atoms with van der Waals surface area (Å²) in [4.78, 5) is 12.0. The van der Waals surface area contributed by atoms with E-state index in [0.29, 0.717) is 19.2 Å². The lowest BCUT2D eigenvalue weighted by molar-refractivity contribution is -0.120. The van der Waals surface area contributed by atoms with Gasteiger partial charge in [0.15, 0.2) is 0 Å². The maximum Gasteiger partial charge on any atom is 0.254 e. The van der Waals surface area contributed by atoms with Crippen LogP contribution in [-0.2, 0) is 11.4 Å². The lowest BCUT2D eigenvalue weighted by Gasteiger charge is -2.22. The number of halogens is 2. The van der Waals surface area contributed by atoms with Crippen LogP contribution in [0.2, 0.25) is 0 Å². The van der Waals surface area contributed by atoms with E-state index >= 15 is 0 Å². The quantitative estimate of drug-likeness (QED) is 0.253. The monoisotopic (exact) mass is 617 g/mol. The van der Waals surface area contributed by atoms with Crippen molar-refractivity contribution in [3.63, 3.8) is 0 Å². The Morgan fingerprint density at radius 2 is 1.79 bits per heavy atom. The first-order valence-corrected chi connectivity index (χ1v) is 12.0. The van der Waals surface area contributed by atoms with Crippen molar-refractivity contribution in [1.82, 2.24) is 10.7 Å². The topological polar surface area (TPSA) is 62.7 Å². The number of nitrogens with one attached hydrogen (secondary N) is 2. The highest BCUT2D eigenvalue weighted by Crippen LogP contribution is 2.29. The molecule has 0 atom stereocenters. The van der Waals surface area contributed by atoms with Gasteiger partial charge in [0.25, 0.3) is 5.91 Å². The Morgan fingerprint density at radius 3 is 2.48 bits per heavy atom. The maximum atomic E-state index is 12.0. The summed E-state index contributed by atoms with van der Waals surface area (Å²) in [5.41, 5.74) is 4.66. The average molecular weight is 617 g/mol. The molecule has 1 saturated carbocycles. The van der Waals surface area contributed by atoms with Crippen LogP contribution in [0.25, 0.3) is 0 Å². The number of hydrogen-bond donors (Lipinski definition) is 2. The molecule has 0 aromatic heterocycles. The normalized spacial score (nSPS) is 14.8. The van der Waals surface area contributed by atoms with E-state index in [-0.39, 0.29) is 5.91 Å². The molecular weight excluding hydrogens is 592 g/mol. The molecule has 154 valence electrons. The second-order valence-electron chi connectivity index (χ2n) is 7.10. The van der Waals surface area contributed by atoms with E-state index in [1.54, 1.807) is 6.21 Å². The molecule has 0 heterocycles. The third-order valence-corrected chi connectivity index (χ3v) is 6.41. The van der Waals surface area contributed by atoms with Gasteiger partial charge in [0.2, 0.25) is 0 Å². The molecule has 1 fully saturated rings. The molecule has 29 heavy (non-hydrogen) atoms. The van der Waals surface area contributed by atoms with Gasteiger partial charge in [-0.2, -0.15) is 5.10 Å². The van der Waals surface area contributed by atoms with Crippen molar-refractivity contribution in [2.24, 2.45) is 5.10 Å². The molecule has 3 rings (SSSR count). The lowest BCUT2D eigenvalue weighted by Crippen LogP contribution is -2.38. The van der Waals surface area contributed by atoms with Gasteiger partial charge < -0.3 is 10.1 Å². The number of ether oxygens (including phenoxy) is 1. The highest BCUT2D eigenvalue weighted by Gasteiger charge is 2.13. The number of hydrazone groups is 1. The smallest absolute Gasteiger partial charge is 0.254 e. The molecule has 2 aromatic rings. The number of hydrogen-bond acceptors (Lipinski definition) is 4. The number of amides is 1. The second kappa shape index (κ2) is 11.8. The standard InChI is InChI=1S/C22H25I2N3O2/c23-19-11-17(12-20(24)22(19)29-15-16-7-3-1-4-8-16)13-26-27-21(28)14-25-18-9-5-2-6-10-18/h1,3-4,7-8,11-13,18,25H,2,5-6,9-10,14-15H2,(H,27,28)/b26-13-. The van der Waals surface area contributed by atoms with Crippen LogP contribution >= 0.6 is 45.2 Å². The minimum atomic E-state index is -0.112. The third kappa shape index (κ3) is 7.53. The summed E-state index contributed by atoms with van der Waals surface area (Å²) >= 11 is 4.54. The molecule has 0 aliphatic heterocycles. The van der Waals surface area contributed by atoms with Gasteiger partial charge in [-0.3, -0.25) is 4.79 Å². The minimum Gasteiger partial charge on any atom is -0.487 e. The SMILES string of the molecule is O=C(CNC1CCCCC1)N/N=C\c1cc(I)c(OCc2ccccc2)c(I)c1. The van der Waals surface area contributed by atoms with E-state index in [2.05, 4.69) is 61.0 Å². The predicted octanol–water partition coefficient (Wildman–Crippen LogP) is 4.85. The van der Waals surface area contributed by atoms with Gasteiger partial charge in [0, 0.05) is 6.04 Å². The molecule has 7 heteroatoms. The van der Waals surface area contributed by atoms with E-state index < -0.39 is 0 Å². The average Bonchev–Trinajstić information content (AvgIpc) is 2.73. The van der Waals surface area contributed by atoms with E-state index in [1.807, 2.05) is 42.5 Å². The zero-order valence-electron chi connectivity index (χ0n) is 16.2. The summed E-state index contributed by atoms with van der Waals surface area (Å²) in [6.45, 7) is 0.841. The van der Waals surface area contributed by atoms with Crippen LogP contribution in [0.3, 0.4) is 0 Å². The molecule has 0 spiro atoms. The molecule has 0 saturated heterocycles. The fraction of sp³-hybridized carbons (Fsp3) is 0.364. The van der Waals surface area contributed by atoms with Crippen molar-refractivity contribution < 1.29 is 9.53 Å². The summed E-state index contributed by atoms with van der Waals surface area (Å²) in [5.74, 6) is 0.756. The predicted molar refractivity (Wildman–Crippen MR) is 133 cm³/mol. The molecule has 5 nitrogen and oxygen atoms in total. The van der Waals surface area contributed by atoms with Gasteiger partial charge in [0.05, 0.1) is 19.9 Å². The lowest BCUT2D eigenvalue weighted by atomic mass is 9.95. The molecule has 0 unspecified atom stereocenters. The van der Waals surface area contributed by atoms with Crippen LogP contribution in [0.1, 0.15) is 43.2 Å². The van der Waals surface area contributed by atoms with Crippen LogP contribution < -0.4 is 15.5 Å². The molecule has 1 amide bonds. The van der Waals surface area contributed by atoms with Crippen molar-refractivity contribution in [3.05, 3.63) is 60.7 Å². The Hall–Kier alpha value is -1.20. The van der Waals surface area contributed by atoms with E-state index in [4.69, 9.17) is 4.74 Å². The number of carbonyl (C=O) groups is 1. The number of carbonyl (C=O) groups excluding carboxylic acids is 1. The first kappa shape index (κ1) is 22.5. The molecular formula is C22H25I2N3O2. The summed E-state index contributed by atoms with van der Waals surface area (Å²) < 4.78 is 8.03. The van der Waals surface area contributed by atoms with Gasteiger partial charge in [-0.1, -0.05) is 49.6 Å². The number of rotatable bonds is 8. The van der Waals surface area contributed by atoms with Crippen LogP contribution in [0.15, 0.2) is 47.6 Å². The van der Waals surface area contributed by atoms with Gasteiger partial charge in [-0.25, -0.2) is 5.43 Å². The van der Waals surface area contributed by atoms with Crippen LogP contribution in [0.4, 0.5) is 0 Å². The van der Waals surface area contributed by atoms with Gasteiger partial charge in [-0.15, -0.1) is 0 Å². The Balaban J connectivity index is 1.49. The number of benzene rings is 2. The van der Waals surface area contributed by atoms with Crippen molar-refractivity contribution in [2.45, 2.75) is 44.8 Å². The van der Waals surface area contributed by atoms with Gasteiger partial charge in [-0.05, 0) is 81.3 Å². The summed E-state index contributed by atoms with van der Waals surface area (Å²) in [6.07, 6.45) is 7.80. The molecule has 1 aliphatic carbocycles. The van der Waals surface area contributed by atoms with E-state index in [1.165, 1.54) is 19.3 Å². The maximum absolute atomic E-state index is 12.0. The fourth-order valence-corrected chi connectivity index (χ4v) is 5.41. The van der Waals surface area contributed by atoms with Crippen molar-refractivity contribution in [2.75, 3.05) is 6.54 Å². The highest BCUT2D eigenvalue weighted by molar-refractivity contribution is 14.1. The van der Waals surface area contributed by atoms with Crippen molar-refractivity contribution in [1.29, 1.82) is 0 Å². The molecule has 0 radical (unpaired) electrons. The van der Waals surface area contributed by atoms with Gasteiger partial charge in [0.1, 0.15) is 12.4 Å². The molecule has 2 N–H and O–H groups in total. The number of nitrogens with zero attached hydrogens (tertiary/aromatic N) is 1. The van der Waals surface area contributed by atoms with Crippen molar-refractivity contribution in [3.8, 4) is 5.75 Å². The Morgan fingerprint density at radius 1 is 1.10 bits per heavy atom. The fourth-order valence-electron chi connectivity index (χ4n) is 3.28. The largest absolute Gasteiger partial charge is 0.487 e. The van der Waals surface area contributed by atoms with E-state index in [0.717, 1.165) is 36.9 Å². The summed E-state index contributed by atoms with van der Waals surface area (Å²) in [6, 6.07) is 14.6. The van der Waals surface area contributed by atoms with Crippen LogP contribution in [0, 0.1) is 7.14 Å². The first-order valence-electron chi connectivity index (χ1n) is 9.83. The Kier molecular flexibility index (Phi) is 9.19. The molecule has 0 bridgehead atoms. The summed E-state index contributed by atoms with van der Waals surface area (Å²) in [5, 5.41) is 7.42. The molecule has 2 aromatic carbocycles. The third-order valence-electron chi connectivity index (χ3n) is 4.81. The summed E-state index contributed by atoms with van der Waals surface area (Å²) in [7, 11) is 0. The van der Waals surface area contributed by atoms with Gasteiger partial charge >= 0.3 is 0 Å². The zero-order chi connectivity index (χ0) is 20.5. The highest BCUT2D eigenvalue weighted by atomic mass is 127. The first-order chi connectivity index (χ1) is 14.1. The zero-order valence-corrected chi connectivity index (χ0v) is 20.5. The Bertz CT molecular complexity index is 814. The van der Waals surface area contributed by atoms with Crippen molar-refractivity contribution >= 4 is 57.3 Å². The van der Waals surface area contributed by atoms with Crippen LogP contribution in [-0.4, -0.2) is 24.7 Å². The van der Waals surface area contributed by atoms with Crippen LogP contribution in [0.5, 0.6) is 5.75 Å². The molecule has 1 aliphatic rings. The minimum absolute atomic E-state index is 0.112. The second-order valence-corrected chi connectivity index (χ2v) is 9.42. The Labute approximate surface area is 199 Å².